The molecule has 0 aliphatic carbocycles. The Hall–Kier alpha value is -1.58. The molecule has 0 saturated carbocycles. The first-order valence-corrected chi connectivity index (χ1v) is 10.4. The highest BCUT2D eigenvalue weighted by Crippen LogP contribution is 2.23. The van der Waals surface area contributed by atoms with Crippen molar-refractivity contribution < 1.29 is 23.1 Å². The van der Waals surface area contributed by atoms with Crippen molar-refractivity contribution in [2.45, 2.75) is 30.2 Å². The standard InChI is InChI=1S/C15H20N2O5S2/c1-23-10-8-13(15(19)20)16-24(21,22)12-6-4-11(5-7-12)17-9-2-3-14(17)18/h4-7,13,16H,2-3,8-10H2,1H3,(H,19,20)/t13-/m1/s1. The molecular weight excluding hydrogens is 352 g/mol. The number of carboxylic acid groups (broad SMARTS) is 1. The smallest absolute Gasteiger partial charge is 0.321 e. The maximum atomic E-state index is 12.3. The van der Waals surface area contributed by atoms with E-state index in [2.05, 4.69) is 4.72 Å². The largest absolute Gasteiger partial charge is 0.480 e. The van der Waals surface area contributed by atoms with Crippen LogP contribution in [-0.4, -0.2) is 50.0 Å². The van der Waals surface area contributed by atoms with Crippen molar-refractivity contribution in [3.8, 4) is 0 Å². The lowest BCUT2D eigenvalue weighted by molar-refractivity contribution is -0.139. The molecule has 132 valence electrons. The molecule has 1 saturated heterocycles. The summed E-state index contributed by atoms with van der Waals surface area (Å²) < 4.78 is 26.9. The quantitative estimate of drug-likeness (QED) is 0.713. The summed E-state index contributed by atoms with van der Waals surface area (Å²) in [7, 11) is -3.93. The maximum Gasteiger partial charge on any atom is 0.321 e. The van der Waals surface area contributed by atoms with Crippen LogP contribution in [0.3, 0.4) is 0 Å². The van der Waals surface area contributed by atoms with Crippen molar-refractivity contribution in [1.82, 2.24) is 4.72 Å². The van der Waals surface area contributed by atoms with E-state index < -0.39 is 22.0 Å². The molecule has 1 aromatic rings. The number of hydrogen-bond donors (Lipinski definition) is 2. The Morgan fingerprint density at radius 3 is 2.54 bits per heavy atom. The molecule has 2 N–H and O–H groups in total. The van der Waals surface area contributed by atoms with Crippen LogP contribution in [0.2, 0.25) is 0 Å². The van der Waals surface area contributed by atoms with Crippen molar-refractivity contribution in [3.05, 3.63) is 24.3 Å². The zero-order valence-electron chi connectivity index (χ0n) is 13.3. The number of carboxylic acids is 1. The average molecular weight is 372 g/mol. The van der Waals surface area contributed by atoms with Crippen LogP contribution in [-0.2, 0) is 19.6 Å². The predicted molar refractivity (Wildman–Crippen MR) is 92.8 cm³/mol. The van der Waals surface area contributed by atoms with Gasteiger partial charge in [-0.2, -0.15) is 16.5 Å². The first-order chi connectivity index (χ1) is 11.3. The van der Waals surface area contributed by atoms with Crippen LogP contribution < -0.4 is 9.62 Å². The number of nitrogens with one attached hydrogen (secondary N) is 1. The number of sulfonamides is 1. The molecule has 1 aliphatic rings. The van der Waals surface area contributed by atoms with Gasteiger partial charge in [0.25, 0.3) is 0 Å². The number of hydrogen-bond acceptors (Lipinski definition) is 5. The highest BCUT2D eigenvalue weighted by molar-refractivity contribution is 7.98. The highest BCUT2D eigenvalue weighted by Gasteiger charge is 2.26. The van der Waals surface area contributed by atoms with E-state index in [0.29, 0.717) is 24.4 Å². The van der Waals surface area contributed by atoms with Crippen LogP contribution in [0.5, 0.6) is 0 Å². The second kappa shape index (κ2) is 8.00. The Bertz CT molecular complexity index is 703. The van der Waals surface area contributed by atoms with Crippen molar-refractivity contribution in [2.75, 3.05) is 23.5 Å². The zero-order valence-corrected chi connectivity index (χ0v) is 14.9. The summed E-state index contributed by atoms with van der Waals surface area (Å²) in [6.07, 6.45) is 3.31. The van der Waals surface area contributed by atoms with Gasteiger partial charge in [-0.15, -0.1) is 0 Å². The third kappa shape index (κ3) is 4.49. The van der Waals surface area contributed by atoms with Crippen LogP contribution in [0.15, 0.2) is 29.2 Å². The van der Waals surface area contributed by atoms with Gasteiger partial charge in [0, 0.05) is 18.7 Å². The monoisotopic (exact) mass is 372 g/mol. The van der Waals surface area contributed by atoms with Crippen molar-refractivity contribution in [1.29, 1.82) is 0 Å². The molecule has 7 nitrogen and oxygen atoms in total. The van der Waals surface area contributed by atoms with Crippen LogP contribution in [0.25, 0.3) is 0 Å². The van der Waals surface area contributed by atoms with Crippen LogP contribution in [0.1, 0.15) is 19.3 Å². The van der Waals surface area contributed by atoms with Crippen molar-refractivity contribution in [2.24, 2.45) is 0 Å². The summed E-state index contributed by atoms with van der Waals surface area (Å²) in [6, 6.07) is 4.74. The Morgan fingerprint density at radius 1 is 1.38 bits per heavy atom. The van der Waals surface area contributed by atoms with E-state index in [1.54, 1.807) is 17.0 Å². The number of carbonyl (C=O) groups excluding carboxylic acids is 1. The van der Waals surface area contributed by atoms with Gasteiger partial charge in [0.05, 0.1) is 4.90 Å². The molecule has 1 fully saturated rings. The van der Waals surface area contributed by atoms with Gasteiger partial charge in [-0.05, 0) is 49.1 Å². The summed E-state index contributed by atoms with van der Waals surface area (Å²) in [6.45, 7) is 0.624. The van der Waals surface area contributed by atoms with Gasteiger partial charge in [0.15, 0.2) is 0 Å². The molecule has 2 rings (SSSR count). The van der Waals surface area contributed by atoms with Crippen LogP contribution in [0, 0.1) is 0 Å². The number of benzene rings is 1. The van der Waals surface area contributed by atoms with Gasteiger partial charge < -0.3 is 10.0 Å². The fraction of sp³-hybridized carbons (Fsp3) is 0.467. The number of amides is 1. The molecule has 0 unspecified atom stereocenters. The lowest BCUT2D eigenvalue weighted by Gasteiger charge is -2.17. The Balaban J connectivity index is 2.13. The van der Waals surface area contributed by atoms with E-state index in [-0.39, 0.29) is 17.2 Å². The number of thioether (sulfide) groups is 1. The lowest BCUT2D eigenvalue weighted by Crippen LogP contribution is -2.41. The average Bonchev–Trinajstić information content (AvgIpc) is 2.97. The van der Waals surface area contributed by atoms with E-state index in [1.165, 1.54) is 23.9 Å². The summed E-state index contributed by atoms with van der Waals surface area (Å²) in [5.74, 6) is -0.645. The minimum Gasteiger partial charge on any atom is -0.480 e. The fourth-order valence-corrected chi connectivity index (χ4v) is 4.15. The number of anilines is 1. The number of nitrogens with zero attached hydrogens (tertiary/aromatic N) is 1. The predicted octanol–water partition coefficient (Wildman–Crippen LogP) is 1.30. The van der Waals surface area contributed by atoms with Crippen molar-refractivity contribution in [3.63, 3.8) is 0 Å². The summed E-state index contributed by atoms with van der Waals surface area (Å²) in [5, 5.41) is 9.15. The fourth-order valence-electron chi connectivity index (χ4n) is 2.45. The minimum absolute atomic E-state index is 0.0201. The molecule has 0 radical (unpaired) electrons. The van der Waals surface area contributed by atoms with Gasteiger partial charge in [-0.1, -0.05) is 0 Å². The molecule has 1 amide bonds. The van der Waals surface area contributed by atoms with E-state index in [0.717, 1.165) is 6.42 Å². The van der Waals surface area contributed by atoms with E-state index in [4.69, 9.17) is 5.11 Å². The van der Waals surface area contributed by atoms with Gasteiger partial charge in [0.1, 0.15) is 6.04 Å². The Morgan fingerprint density at radius 2 is 2.04 bits per heavy atom. The third-order valence-corrected chi connectivity index (χ3v) is 5.87. The lowest BCUT2D eigenvalue weighted by atomic mass is 10.2. The molecule has 24 heavy (non-hydrogen) atoms. The van der Waals surface area contributed by atoms with Gasteiger partial charge in [-0.3, -0.25) is 9.59 Å². The van der Waals surface area contributed by atoms with E-state index >= 15 is 0 Å². The molecule has 0 bridgehead atoms. The molecule has 1 heterocycles. The number of carbonyl (C=O) groups is 2. The summed E-state index contributed by atoms with van der Waals surface area (Å²) >= 11 is 1.45. The van der Waals surface area contributed by atoms with E-state index in [9.17, 15) is 18.0 Å². The first kappa shape index (κ1) is 18.8. The normalized spacial score (nSPS) is 16.4. The molecule has 0 spiro atoms. The van der Waals surface area contributed by atoms with Gasteiger partial charge in [0.2, 0.25) is 15.9 Å². The van der Waals surface area contributed by atoms with Crippen LogP contribution in [0.4, 0.5) is 5.69 Å². The number of aliphatic carboxylic acids is 1. The van der Waals surface area contributed by atoms with Gasteiger partial charge >= 0.3 is 5.97 Å². The minimum atomic E-state index is -3.93. The molecular formula is C15H20N2O5S2. The second-order valence-corrected chi connectivity index (χ2v) is 8.14. The molecule has 1 aliphatic heterocycles. The molecule has 1 atom stereocenters. The zero-order chi connectivity index (χ0) is 17.7. The topological polar surface area (TPSA) is 104 Å². The molecule has 1 aromatic carbocycles. The Kier molecular flexibility index (Phi) is 6.25. The molecule has 9 heteroatoms. The maximum absolute atomic E-state index is 12.3. The molecule has 0 aromatic heterocycles. The number of rotatable bonds is 8. The highest BCUT2D eigenvalue weighted by atomic mass is 32.2. The summed E-state index contributed by atoms with van der Waals surface area (Å²) in [5.41, 5.74) is 0.647. The third-order valence-electron chi connectivity index (χ3n) is 3.74. The first-order valence-electron chi connectivity index (χ1n) is 7.49. The van der Waals surface area contributed by atoms with Gasteiger partial charge in [-0.25, -0.2) is 8.42 Å². The van der Waals surface area contributed by atoms with E-state index in [1.807, 2.05) is 6.26 Å². The SMILES string of the molecule is CSCC[C@@H](NS(=O)(=O)c1ccc(N2CCCC2=O)cc1)C(=O)O. The van der Waals surface area contributed by atoms with Crippen LogP contribution >= 0.6 is 11.8 Å². The summed E-state index contributed by atoms with van der Waals surface area (Å²) in [4.78, 5) is 24.5. The second-order valence-electron chi connectivity index (χ2n) is 5.44. The Labute approximate surface area is 145 Å². The van der Waals surface area contributed by atoms with Crippen molar-refractivity contribution >= 4 is 39.3 Å².